The van der Waals surface area contributed by atoms with Crippen molar-refractivity contribution in [1.82, 2.24) is 0 Å². The molecule has 0 aromatic heterocycles. The average molecular weight is 212 g/mol. The van der Waals surface area contributed by atoms with Crippen molar-refractivity contribution in [2.75, 3.05) is 6.61 Å². The first-order valence-electron chi connectivity index (χ1n) is 5.58. The number of allylic oxidation sites excluding steroid dienone is 1. The predicted octanol–water partition coefficient (Wildman–Crippen LogP) is 2.65. The Morgan fingerprint density at radius 3 is 2.33 bits per heavy atom. The van der Waals surface area contributed by atoms with E-state index in [0.29, 0.717) is 13.0 Å². The minimum Gasteiger partial charge on any atom is -0.463 e. The number of rotatable bonds is 8. The predicted molar refractivity (Wildman–Crippen MR) is 59.5 cm³/mol. The Hall–Kier alpha value is -1.12. The SMILES string of the molecule is CCCCOC(=O)C=CC(=O)CCCC. The van der Waals surface area contributed by atoms with Crippen molar-refractivity contribution in [3.63, 3.8) is 0 Å². The smallest absolute Gasteiger partial charge is 0.330 e. The van der Waals surface area contributed by atoms with Crippen LogP contribution in [0.1, 0.15) is 46.0 Å². The maximum absolute atomic E-state index is 11.1. The van der Waals surface area contributed by atoms with E-state index in [0.717, 1.165) is 25.7 Å². The molecule has 0 spiro atoms. The fourth-order valence-electron chi connectivity index (χ4n) is 0.961. The third-order valence-corrected chi connectivity index (χ3v) is 1.92. The van der Waals surface area contributed by atoms with Crippen molar-refractivity contribution in [3.8, 4) is 0 Å². The quantitative estimate of drug-likeness (QED) is 0.353. The molecule has 0 atom stereocenters. The average Bonchev–Trinajstić information content (AvgIpc) is 2.24. The lowest BCUT2D eigenvalue weighted by Crippen LogP contribution is -2.03. The lowest BCUT2D eigenvalue weighted by atomic mass is 10.2. The molecule has 0 aromatic carbocycles. The molecule has 0 fully saturated rings. The number of hydrogen-bond donors (Lipinski definition) is 0. The molecule has 0 bridgehead atoms. The van der Waals surface area contributed by atoms with Crippen molar-refractivity contribution in [3.05, 3.63) is 12.2 Å². The Kier molecular flexibility index (Phi) is 8.73. The van der Waals surface area contributed by atoms with E-state index in [1.54, 1.807) is 0 Å². The van der Waals surface area contributed by atoms with Gasteiger partial charge < -0.3 is 4.74 Å². The van der Waals surface area contributed by atoms with Gasteiger partial charge in [0, 0.05) is 12.5 Å². The fourth-order valence-corrected chi connectivity index (χ4v) is 0.961. The first kappa shape index (κ1) is 13.9. The Labute approximate surface area is 91.5 Å². The van der Waals surface area contributed by atoms with Gasteiger partial charge in [-0.15, -0.1) is 0 Å². The Bertz CT molecular complexity index is 219. The van der Waals surface area contributed by atoms with Gasteiger partial charge >= 0.3 is 5.97 Å². The standard InChI is InChI=1S/C12H20O3/c1-3-5-7-11(13)8-9-12(14)15-10-6-4-2/h8-9H,3-7,10H2,1-2H3. The van der Waals surface area contributed by atoms with E-state index in [9.17, 15) is 9.59 Å². The number of carbonyl (C=O) groups is 2. The van der Waals surface area contributed by atoms with Gasteiger partial charge in [-0.3, -0.25) is 4.79 Å². The summed E-state index contributed by atoms with van der Waals surface area (Å²) in [6, 6.07) is 0. The van der Waals surface area contributed by atoms with Crippen LogP contribution < -0.4 is 0 Å². The minimum atomic E-state index is -0.423. The Morgan fingerprint density at radius 1 is 1.07 bits per heavy atom. The van der Waals surface area contributed by atoms with Gasteiger partial charge in [-0.1, -0.05) is 26.7 Å². The van der Waals surface area contributed by atoms with E-state index < -0.39 is 5.97 Å². The van der Waals surface area contributed by atoms with Crippen molar-refractivity contribution < 1.29 is 14.3 Å². The Morgan fingerprint density at radius 2 is 1.73 bits per heavy atom. The highest BCUT2D eigenvalue weighted by Gasteiger charge is 1.99. The highest BCUT2D eigenvalue weighted by Crippen LogP contribution is 1.96. The van der Waals surface area contributed by atoms with Gasteiger partial charge in [-0.2, -0.15) is 0 Å². The van der Waals surface area contributed by atoms with Gasteiger partial charge in [0.1, 0.15) is 0 Å². The molecule has 0 N–H and O–H groups in total. The van der Waals surface area contributed by atoms with E-state index >= 15 is 0 Å². The highest BCUT2D eigenvalue weighted by molar-refractivity contribution is 5.95. The lowest BCUT2D eigenvalue weighted by Gasteiger charge is -1.98. The van der Waals surface area contributed by atoms with Crippen molar-refractivity contribution in [2.45, 2.75) is 46.0 Å². The third kappa shape index (κ3) is 9.19. The van der Waals surface area contributed by atoms with Crippen molar-refractivity contribution in [2.24, 2.45) is 0 Å². The summed E-state index contributed by atoms with van der Waals surface area (Å²) >= 11 is 0. The summed E-state index contributed by atoms with van der Waals surface area (Å²) < 4.78 is 4.86. The largest absolute Gasteiger partial charge is 0.463 e. The molecule has 0 saturated heterocycles. The van der Waals surface area contributed by atoms with Gasteiger partial charge in [0.15, 0.2) is 5.78 Å². The number of ether oxygens (including phenoxy) is 1. The van der Waals surface area contributed by atoms with Crippen LogP contribution in [-0.2, 0) is 14.3 Å². The molecule has 0 aliphatic carbocycles. The highest BCUT2D eigenvalue weighted by atomic mass is 16.5. The van der Waals surface area contributed by atoms with Gasteiger partial charge in [0.2, 0.25) is 0 Å². The molecule has 0 aliphatic heterocycles. The van der Waals surface area contributed by atoms with E-state index in [1.807, 2.05) is 13.8 Å². The molecule has 0 amide bonds. The Balaban J connectivity index is 3.65. The number of unbranched alkanes of at least 4 members (excludes halogenated alkanes) is 2. The van der Waals surface area contributed by atoms with Gasteiger partial charge in [0.05, 0.1) is 6.61 Å². The summed E-state index contributed by atoms with van der Waals surface area (Å²) in [4.78, 5) is 22.2. The molecule has 0 heterocycles. The zero-order valence-electron chi connectivity index (χ0n) is 9.62. The minimum absolute atomic E-state index is 0.00992. The zero-order chi connectivity index (χ0) is 11.5. The summed E-state index contributed by atoms with van der Waals surface area (Å²) in [6.45, 7) is 4.48. The van der Waals surface area contributed by atoms with Crippen LogP contribution in [0.15, 0.2) is 12.2 Å². The van der Waals surface area contributed by atoms with Gasteiger partial charge in [-0.05, 0) is 18.9 Å². The van der Waals surface area contributed by atoms with Crippen LogP contribution in [-0.4, -0.2) is 18.4 Å². The lowest BCUT2D eigenvalue weighted by molar-refractivity contribution is -0.138. The van der Waals surface area contributed by atoms with Crippen LogP contribution in [0, 0.1) is 0 Å². The van der Waals surface area contributed by atoms with E-state index in [2.05, 4.69) is 0 Å². The third-order valence-electron chi connectivity index (χ3n) is 1.92. The van der Waals surface area contributed by atoms with Crippen LogP contribution in [0.2, 0.25) is 0 Å². The van der Waals surface area contributed by atoms with Crippen LogP contribution in [0.3, 0.4) is 0 Å². The summed E-state index contributed by atoms with van der Waals surface area (Å²) in [7, 11) is 0. The zero-order valence-corrected chi connectivity index (χ0v) is 9.62. The number of hydrogen-bond acceptors (Lipinski definition) is 3. The van der Waals surface area contributed by atoms with Crippen molar-refractivity contribution in [1.29, 1.82) is 0 Å². The number of esters is 1. The van der Waals surface area contributed by atoms with E-state index in [1.165, 1.54) is 12.2 Å². The molecule has 0 aliphatic rings. The second-order valence-electron chi connectivity index (χ2n) is 3.42. The normalized spacial score (nSPS) is 10.5. The molecule has 0 aromatic rings. The van der Waals surface area contributed by atoms with Crippen LogP contribution in [0.25, 0.3) is 0 Å². The summed E-state index contributed by atoms with van der Waals surface area (Å²) in [5.41, 5.74) is 0. The van der Waals surface area contributed by atoms with Crippen LogP contribution in [0.5, 0.6) is 0 Å². The molecule has 0 rings (SSSR count). The fraction of sp³-hybridized carbons (Fsp3) is 0.667. The monoisotopic (exact) mass is 212 g/mol. The summed E-state index contributed by atoms with van der Waals surface area (Å²) in [5, 5.41) is 0. The maximum Gasteiger partial charge on any atom is 0.330 e. The van der Waals surface area contributed by atoms with Gasteiger partial charge in [0.25, 0.3) is 0 Å². The van der Waals surface area contributed by atoms with E-state index in [4.69, 9.17) is 4.74 Å². The van der Waals surface area contributed by atoms with Gasteiger partial charge in [-0.25, -0.2) is 4.79 Å². The molecule has 3 heteroatoms. The first-order chi connectivity index (χ1) is 7.20. The number of carbonyl (C=O) groups excluding carboxylic acids is 2. The molecule has 86 valence electrons. The molecule has 15 heavy (non-hydrogen) atoms. The molecule has 0 radical (unpaired) electrons. The molecule has 0 saturated carbocycles. The summed E-state index contributed by atoms with van der Waals surface area (Å²) in [5.74, 6) is -0.433. The number of ketones is 1. The second kappa shape index (κ2) is 9.44. The van der Waals surface area contributed by atoms with E-state index in [-0.39, 0.29) is 5.78 Å². The molecular formula is C12H20O3. The second-order valence-corrected chi connectivity index (χ2v) is 3.42. The topological polar surface area (TPSA) is 43.4 Å². The summed E-state index contributed by atoms with van der Waals surface area (Å²) in [6.07, 6.45) is 6.75. The first-order valence-corrected chi connectivity index (χ1v) is 5.58. The van der Waals surface area contributed by atoms with Crippen LogP contribution in [0.4, 0.5) is 0 Å². The molecule has 0 unspecified atom stereocenters. The van der Waals surface area contributed by atoms with Crippen molar-refractivity contribution >= 4 is 11.8 Å². The molecule has 3 nitrogen and oxygen atoms in total. The maximum atomic E-state index is 11.1. The molecular weight excluding hydrogens is 192 g/mol. The van der Waals surface area contributed by atoms with Crippen LogP contribution >= 0.6 is 0 Å².